The van der Waals surface area contributed by atoms with E-state index in [4.69, 9.17) is 9.47 Å². The summed E-state index contributed by atoms with van der Waals surface area (Å²) >= 11 is 0. The van der Waals surface area contributed by atoms with Crippen LogP contribution in [0, 0.1) is 0 Å². The number of hydrogen-bond acceptors (Lipinski definition) is 3. The van der Waals surface area contributed by atoms with E-state index < -0.39 is 17.5 Å². The molecule has 0 N–H and O–H groups in total. The normalized spacial score (nSPS) is 11.1. The number of Topliss-reactive ketones (excluding diaryl/α,β-unsaturated/α-hetero) is 1. The monoisotopic (exact) mass is 234 g/mol. The fourth-order valence-electron chi connectivity index (χ4n) is 1.22. The van der Waals surface area contributed by atoms with Crippen LogP contribution in [0.2, 0.25) is 0 Å². The minimum absolute atomic E-state index is 0.165. The molecule has 0 spiro atoms. The van der Waals surface area contributed by atoms with E-state index in [1.807, 2.05) is 0 Å². The van der Waals surface area contributed by atoms with Gasteiger partial charge in [-0.2, -0.15) is 13.2 Å². The summed E-state index contributed by atoms with van der Waals surface area (Å²) in [5, 5.41) is 0. The number of benzene rings is 1. The van der Waals surface area contributed by atoms with Gasteiger partial charge >= 0.3 is 6.18 Å². The van der Waals surface area contributed by atoms with Crippen LogP contribution >= 0.6 is 0 Å². The quantitative estimate of drug-likeness (QED) is 0.753. The van der Waals surface area contributed by atoms with Crippen molar-refractivity contribution in [3.63, 3.8) is 0 Å². The number of hydrogen-bond donors (Lipinski definition) is 0. The van der Waals surface area contributed by atoms with Crippen molar-refractivity contribution in [1.29, 1.82) is 0 Å². The molecule has 3 nitrogen and oxygen atoms in total. The third-order valence-electron chi connectivity index (χ3n) is 1.91. The van der Waals surface area contributed by atoms with E-state index >= 15 is 0 Å². The van der Waals surface area contributed by atoms with E-state index in [9.17, 15) is 18.0 Å². The number of methoxy groups -OCH3 is 2. The minimum Gasteiger partial charge on any atom is -0.496 e. The van der Waals surface area contributed by atoms with Crippen LogP contribution in [0.1, 0.15) is 10.4 Å². The first-order valence-corrected chi connectivity index (χ1v) is 4.24. The van der Waals surface area contributed by atoms with Crippen molar-refractivity contribution in [1.82, 2.24) is 0 Å². The highest BCUT2D eigenvalue weighted by atomic mass is 19.4. The molecule has 0 bridgehead atoms. The van der Waals surface area contributed by atoms with Crippen LogP contribution in [0.25, 0.3) is 0 Å². The maximum Gasteiger partial charge on any atom is 0.455 e. The molecule has 6 heteroatoms. The molecule has 0 radical (unpaired) electrons. The number of ketones is 1. The van der Waals surface area contributed by atoms with Gasteiger partial charge in [-0.1, -0.05) is 6.07 Å². The summed E-state index contributed by atoms with van der Waals surface area (Å²) in [6.45, 7) is 0. The highest BCUT2D eigenvalue weighted by Crippen LogP contribution is 2.33. The van der Waals surface area contributed by atoms with Crippen LogP contribution in [-0.2, 0) is 0 Å². The van der Waals surface area contributed by atoms with Crippen molar-refractivity contribution >= 4 is 5.78 Å². The molecule has 1 aromatic carbocycles. The Kier molecular flexibility index (Phi) is 3.41. The van der Waals surface area contributed by atoms with Gasteiger partial charge < -0.3 is 9.47 Å². The lowest BCUT2D eigenvalue weighted by atomic mass is 10.1. The van der Waals surface area contributed by atoms with E-state index in [2.05, 4.69) is 0 Å². The largest absolute Gasteiger partial charge is 0.496 e. The zero-order valence-electron chi connectivity index (χ0n) is 8.59. The van der Waals surface area contributed by atoms with Gasteiger partial charge in [-0.3, -0.25) is 4.79 Å². The summed E-state index contributed by atoms with van der Waals surface area (Å²) in [6.07, 6.45) is -4.96. The Bertz CT molecular complexity index is 377. The van der Waals surface area contributed by atoms with Gasteiger partial charge in [-0.05, 0) is 12.1 Å². The standard InChI is InChI=1S/C10H9F3O3/c1-15-6-4-3-5-7(16-2)8(6)9(14)10(11,12)13/h3-5H,1-2H3. The summed E-state index contributed by atoms with van der Waals surface area (Å²) < 4.78 is 46.3. The van der Waals surface area contributed by atoms with Gasteiger partial charge in [-0.25, -0.2) is 0 Å². The summed E-state index contributed by atoms with van der Waals surface area (Å²) in [7, 11) is 2.36. The average Bonchev–Trinajstić information content (AvgIpc) is 2.25. The number of carbonyl (C=O) groups is 1. The van der Waals surface area contributed by atoms with Crippen LogP contribution in [0.5, 0.6) is 11.5 Å². The number of halogens is 3. The first-order valence-electron chi connectivity index (χ1n) is 4.24. The zero-order valence-corrected chi connectivity index (χ0v) is 8.59. The van der Waals surface area contributed by atoms with E-state index in [0.717, 1.165) is 0 Å². The van der Waals surface area contributed by atoms with Crippen molar-refractivity contribution in [2.45, 2.75) is 6.18 Å². The fourth-order valence-corrected chi connectivity index (χ4v) is 1.22. The fraction of sp³-hybridized carbons (Fsp3) is 0.300. The second kappa shape index (κ2) is 4.42. The molecule has 0 unspecified atom stereocenters. The number of ether oxygens (including phenoxy) is 2. The molecule has 0 aliphatic rings. The molecule has 0 aromatic heterocycles. The van der Waals surface area contributed by atoms with Crippen molar-refractivity contribution in [3.8, 4) is 11.5 Å². The third kappa shape index (κ3) is 2.26. The third-order valence-corrected chi connectivity index (χ3v) is 1.91. The predicted octanol–water partition coefficient (Wildman–Crippen LogP) is 2.45. The molecule has 0 atom stereocenters. The van der Waals surface area contributed by atoms with E-state index in [0.29, 0.717) is 0 Å². The van der Waals surface area contributed by atoms with Gasteiger partial charge in [0.2, 0.25) is 0 Å². The Labute approximate surface area is 89.8 Å². The molecule has 0 fully saturated rings. The van der Waals surface area contributed by atoms with Crippen LogP contribution in [0.4, 0.5) is 13.2 Å². The SMILES string of the molecule is COc1cccc(OC)c1C(=O)C(F)(F)F. The van der Waals surface area contributed by atoms with E-state index in [-0.39, 0.29) is 11.5 Å². The Morgan fingerprint density at radius 3 is 1.88 bits per heavy atom. The topological polar surface area (TPSA) is 35.5 Å². The van der Waals surface area contributed by atoms with Gasteiger partial charge in [0.05, 0.1) is 14.2 Å². The Morgan fingerprint density at radius 2 is 1.56 bits per heavy atom. The van der Waals surface area contributed by atoms with Crippen molar-refractivity contribution in [3.05, 3.63) is 23.8 Å². The van der Waals surface area contributed by atoms with Crippen LogP contribution in [0.15, 0.2) is 18.2 Å². The van der Waals surface area contributed by atoms with Crippen LogP contribution in [0.3, 0.4) is 0 Å². The van der Waals surface area contributed by atoms with Crippen molar-refractivity contribution in [2.24, 2.45) is 0 Å². The second-order valence-corrected chi connectivity index (χ2v) is 2.86. The van der Waals surface area contributed by atoms with E-state index in [1.54, 1.807) is 0 Å². The molecule has 88 valence electrons. The van der Waals surface area contributed by atoms with Gasteiger partial charge in [0, 0.05) is 0 Å². The number of rotatable bonds is 3. The molecule has 1 aromatic rings. The average molecular weight is 234 g/mol. The minimum atomic E-state index is -4.96. The molecule has 1 rings (SSSR count). The second-order valence-electron chi connectivity index (χ2n) is 2.86. The van der Waals surface area contributed by atoms with Crippen LogP contribution < -0.4 is 9.47 Å². The lowest BCUT2D eigenvalue weighted by molar-refractivity contribution is -0.0887. The van der Waals surface area contributed by atoms with E-state index in [1.165, 1.54) is 32.4 Å². The summed E-state index contributed by atoms with van der Waals surface area (Å²) in [5.41, 5.74) is -0.611. The van der Waals surface area contributed by atoms with Gasteiger partial charge in [-0.15, -0.1) is 0 Å². The Morgan fingerprint density at radius 1 is 1.12 bits per heavy atom. The van der Waals surface area contributed by atoms with Crippen LogP contribution in [-0.4, -0.2) is 26.2 Å². The summed E-state index contributed by atoms with van der Waals surface area (Å²) in [6, 6.07) is 3.97. The molecule has 0 amide bonds. The summed E-state index contributed by atoms with van der Waals surface area (Å²) in [4.78, 5) is 11.1. The lowest BCUT2D eigenvalue weighted by Gasteiger charge is -2.13. The maximum absolute atomic E-state index is 12.3. The predicted molar refractivity (Wildman–Crippen MR) is 49.9 cm³/mol. The highest BCUT2D eigenvalue weighted by molar-refractivity contribution is 6.04. The van der Waals surface area contributed by atoms with Gasteiger partial charge in [0.25, 0.3) is 5.78 Å². The Balaban J connectivity index is 3.34. The smallest absolute Gasteiger partial charge is 0.455 e. The molecule has 0 saturated carbocycles. The maximum atomic E-state index is 12.3. The molecular formula is C10H9F3O3. The number of carbonyl (C=O) groups excluding carboxylic acids is 1. The molecular weight excluding hydrogens is 225 g/mol. The molecule has 0 aliphatic carbocycles. The highest BCUT2D eigenvalue weighted by Gasteiger charge is 2.42. The molecule has 0 heterocycles. The lowest BCUT2D eigenvalue weighted by Crippen LogP contribution is -2.24. The van der Waals surface area contributed by atoms with Gasteiger partial charge in [0.1, 0.15) is 17.1 Å². The first-order chi connectivity index (χ1) is 7.41. The Hall–Kier alpha value is -1.72. The molecule has 0 aliphatic heterocycles. The van der Waals surface area contributed by atoms with Crippen molar-refractivity contribution in [2.75, 3.05) is 14.2 Å². The zero-order chi connectivity index (χ0) is 12.3. The number of alkyl halides is 3. The van der Waals surface area contributed by atoms with Crippen molar-refractivity contribution < 1.29 is 27.4 Å². The summed E-state index contributed by atoms with van der Waals surface area (Å²) in [5.74, 6) is -2.31. The van der Waals surface area contributed by atoms with Gasteiger partial charge in [0.15, 0.2) is 0 Å². The molecule has 0 saturated heterocycles. The first kappa shape index (κ1) is 12.4. The molecule has 16 heavy (non-hydrogen) atoms.